The Bertz CT molecular complexity index is 589. The molecule has 3 fully saturated rings. The second-order valence-corrected chi connectivity index (χ2v) is 6.70. The number of amides is 1. The van der Waals surface area contributed by atoms with E-state index in [-0.39, 0.29) is 24.2 Å². The van der Waals surface area contributed by atoms with Crippen molar-refractivity contribution in [3.63, 3.8) is 0 Å². The Balaban J connectivity index is 1.44. The molecule has 0 radical (unpaired) electrons. The highest BCUT2D eigenvalue weighted by Gasteiger charge is 2.55. The molecule has 22 heavy (non-hydrogen) atoms. The van der Waals surface area contributed by atoms with Gasteiger partial charge in [0.1, 0.15) is 5.60 Å². The van der Waals surface area contributed by atoms with E-state index in [4.69, 9.17) is 4.74 Å². The van der Waals surface area contributed by atoms with Gasteiger partial charge < -0.3 is 9.64 Å². The standard InChI is InChI=1S/C17H20N2O3/c20-15-9-13(17(22-15)6-2-3-7-17)16(21)19-10-12(11-19)14-5-1-4-8-18-14/h1,4-5,8,12-13H,2-3,6-7,9-11H2/t13-/m0/s1. The van der Waals surface area contributed by atoms with Crippen LogP contribution < -0.4 is 0 Å². The third-order valence-corrected chi connectivity index (χ3v) is 5.37. The van der Waals surface area contributed by atoms with E-state index in [0.29, 0.717) is 19.0 Å². The second kappa shape index (κ2) is 5.07. The van der Waals surface area contributed by atoms with E-state index >= 15 is 0 Å². The Morgan fingerprint density at radius 2 is 2.05 bits per heavy atom. The number of hydrogen-bond donors (Lipinski definition) is 0. The van der Waals surface area contributed by atoms with Crippen LogP contribution in [0.25, 0.3) is 0 Å². The summed E-state index contributed by atoms with van der Waals surface area (Å²) in [6, 6.07) is 5.88. The van der Waals surface area contributed by atoms with Gasteiger partial charge in [0.2, 0.25) is 5.91 Å². The number of likely N-dealkylation sites (tertiary alicyclic amines) is 1. The number of ether oxygens (including phenoxy) is 1. The van der Waals surface area contributed by atoms with Gasteiger partial charge in [-0.2, -0.15) is 0 Å². The van der Waals surface area contributed by atoms with Crippen molar-refractivity contribution >= 4 is 11.9 Å². The molecule has 1 atom stereocenters. The first-order chi connectivity index (χ1) is 10.7. The first kappa shape index (κ1) is 13.7. The van der Waals surface area contributed by atoms with Crippen molar-refractivity contribution in [2.45, 2.75) is 43.6 Å². The molecule has 4 rings (SSSR count). The maximum atomic E-state index is 12.8. The van der Waals surface area contributed by atoms with Crippen LogP contribution in [0.5, 0.6) is 0 Å². The SMILES string of the molecule is O=C1C[C@@H](C(=O)N2CC(c3ccccn3)C2)C2(CCCC2)O1. The molecule has 0 N–H and O–H groups in total. The summed E-state index contributed by atoms with van der Waals surface area (Å²) in [6.07, 6.45) is 5.82. The van der Waals surface area contributed by atoms with Crippen molar-refractivity contribution in [1.82, 2.24) is 9.88 Å². The van der Waals surface area contributed by atoms with Gasteiger partial charge in [0.05, 0.1) is 12.3 Å². The third-order valence-electron chi connectivity index (χ3n) is 5.37. The summed E-state index contributed by atoms with van der Waals surface area (Å²) in [6.45, 7) is 1.41. The van der Waals surface area contributed by atoms with Crippen molar-refractivity contribution in [3.05, 3.63) is 30.1 Å². The number of hydrogen-bond acceptors (Lipinski definition) is 4. The number of pyridine rings is 1. The van der Waals surface area contributed by atoms with Gasteiger partial charge in [0, 0.05) is 30.9 Å². The monoisotopic (exact) mass is 300 g/mol. The summed E-state index contributed by atoms with van der Waals surface area (Å²) < 4.78 is 5.57. The molecule has 3 aliphatic rings. The van der Waals surface area contributed by atoms with Gasteiger partial charge in [-0.05, 0) is 37.8 Å². The molecule has 3 heterocycles. The summed E-state index contributed by atoms with van der Waals surface area (Å²) in [5.41, 5.74) is 0.547. The Kier molecular flexibility index (Phi) is 3.17. The number of esters is 1. The maximum absolute atomic E-state index is 12.8. The first-order valence-corrected chi connectivity index (χ1v) is 8.09. The number of carbonyl (C=O) groups is 2. The fraction of sp³-hybridized carbons (Fsp3) is 0.588. The Morgan fingerprint density at radius 3 is 2.73 bits per heavy atom. The molecule has 1 aliphatic carbocycles. The number of carbonyl (C=O) groups excluding carboxylic acids is 2. The highest BCUT2D eigenvalue weighted by molar-refractivity contribution is 5.88. The number of nitrogens with zero attached hydrogens (tertiary/aromatic N) is 2. The molecule has 1 saturated carbocycles. The van der Waals surface area contributed by atoms with Crippen LogP contribution in [0.4, 0.5) is 0 Å². The van der Waals surface area contributed by atoms with Crippen LogP contribution >= 0.6 is 0 Å². The van der Waals surface area contributed by atoms with Crippen molar-refractivity contribution in [2.24, 2.45) is 5.92 Å². The molecule has 5 nitrogen and oxygen atoms in total. The fourth-order valence-electron chi connectivity index (χ4n) is 4.11. The van der Waals surface area contributed by atoms with Crippen LogP contribution in [0.1, 0.15) is 43.7 Å². The normalized spacial score (nSPS) is 27.0. The zero-order valence-electron chi connectivity index (χ0n) is 12.5. The van der Waals surface area contributed by atoms with E-state index in [1.807, 2.05) is 23.1 Å². The summed E-state index contributed by atoms with van der Waals surface area (Å²) in [5, 5.41) is 0. The van der Waals surface area contributed by atoms with Crippen molar-refractivity contribution in [1.29, 1.82) is 0 Å². The molecule has 2 aliphatic heterocycles. The van der Waals surface area contributed by atoms with Crippen LogP contribution in [-0.4, -0.2) is 40.5 Å². The van der Waals surface area contributed by atoms with Gasteiger partial charge in [0.15, 0.2) is 0 Å². The average Bonchev–Trinajstić information content (AvgIpc) is 3.06. The van der Waals surface area contributed by atoms with E-state index in [0.717, 1.165) is 31.4 Å². The van der Waals surface area contributed by atoms with E-state index < -0.39 is 5.60 Å². The van der Waals surface area contributed by atoms with Gasteiger partial charge in [-0.25, -0.2) is 0 Å². The zero-order valence-corrected chi connectivity index (χ0v) is 12.5. The van der Waals surface area contributed by atoms with Gasteiger partial charge in [-0.3, -0.25) is 14.6 Å². The second-order valence-electron chi connectivity index (χ2n) is 6.70. The van der Waals surface area contributed by atoms with E-state index in [1.165, 1.54) is 0 Å². The predicted octanol–water partition coefficient (Wildman–Crippen LogP) is 1.88. The molecule has 0 unspecified atom stereocenters. The molecular formula is C17H20N2O3. The van der Waals surface area contributed by atoms with Crippen LogP contribution in [0.15, 0.2) is 24.4 Å². The average molecular weight is 300 g/mol. The topological polar surface area (TPSA) is 59.5 Å². The molecule has 116 valence electrons. The van der Waals surface area contributed by atoms with Gasteiger partial charge in [-0.15, -0.1) is 0 Å². The lowest BCUT2D eigenvalue weighted by molar-refractivity contribution is -0.153. The number of rotatable bonds is 2. The predicted molar refractivity (Wildman–Crippen MR) is 79.0 cm³/mol. The van der Waals surface area contributed by atoms with Gasteiger partial charge in [-0.1, -0.05) is 6.07 Å². The summed E-state index contributed by atoms with van der Waals surface area (Å²) in [7, 11) is 0. The van der Waals surface area contributed by atoms with Crippen molar-refractivity contribution in [2.75, 3.05) is 13.1 Å². The Hall–Kier alpha value is -1.91. The maximum Gasteiger partial charge on any atom is 0.307 e. The zero-order chi connectivity index (χ0) is 15.2. The molecule has 2 saturated heterocycles. The third kappa shape index (κ3) is 2.11. The Labute approximate surface area is 129 Å². The summed E-state index contributed by atoms with van der Waals surface area (Å²) in [5.74, 6) is -0.0585. The number of aromatic nitrogens is 1. The smallest absolute Gasteiger partial charge is 0.307 e. The van der Waals surface area contributed by atoms with Gasteiger partial charge >= 0.3 is 5.97 Å². The van der Waals surface area contributed by atoms with Crippen LogP contribution in [0.3, 0.4) is 0 Å². The Morgan fingerprint density at radius 1 is 1.27 bits per heavy atom. The van der Waals surface area contributed by atoms with Crippen molar-refractivity contribution in [3.8, 4) is 0 Å². The van der Waals surface area contributed by atoms with Gasteiger partial charge in [0.25, 0.3) is 0 Å². The lowest BCUT2D eigenvalue weighted by Crippen LogP contribution is -2.54. The minimum absolute atomic E-state index is 0.0972. The minimum Gasteiger partial charge on any atom is -0.458 e. The largest absolute Gasteiger partial charge is 0.458 e. The highest BCUT2D eigenvalue weighted by Crippen LogP contribution is 2.47. The minimum atomic E-state index is -0.496. The molecular weight excluding hydrogens is 280 g/mol. The molecule has 1 amide bonds. The lowest BCUT2D eigenvalue weighted by Gasteiger charge is -2.42. The lowest BCUT2D eigenvalue weighted by atomic mass is 9.83. The highest BCUT2D eigenvalue weighted by atomic mass is 16.6. The summed E-state index contributed by atoms with van der Waals surface area (Å²) >= 11 is 0. The molecule has 1 aromatic heterocycles. The van der Waals surface area contributed by atoms with Crippen LogP contribution in [0, 0.1) is 5.92 Å². The van der Waals surface area contributed by atoms with E-state index in [1.54, 1.807) is 6.20 Å². The van der Waals surface area contributed by atoms with E-state index in [9.17, 15) is 9.59 Å². The molecule has 0 aromatic carbocycles. The molecule has 1 spiro atoms. The first-order valence-electron chi connectivity index (χ1n) is 8.09. The van der Waals surface area contributed by atoms with Crippen LogP contribution in [-0.2, 0) is 14.3 Å². The molecule has 1 aromatic rings. The summed E-state index contributed by atoms with van der Waals surface area (Å²) in [4.78, 5) is 30.7. The molecule has 5 heteroatoms. The van der Waals surface area contributed by atoms with Crippen molar-refractivity contribution < 1.29 is 14.3 Å². The quantitative estimate of drug-likeness (QED) is 0.783. The van der Waals surface area contributed by atoms with Crippen LogP contribution in [0.2, 0.25) is 0 Å². The fourth-order valence-corrected chi connectivity index (χ4v) is 4.11. The van der Waals surface area contributed by atoms with E-state index in [2.05, 4.69) is 4.98 Å². The molecule has 0 bridgehead atoms.